The van der Waals surface area contributed by atoms with Gasteiger partial charge in [-0.1, -0.05) is 214 Å². The van der Waals surface area contributed by atoms with Crippen LogP contribution in [0.2, 0.25) is 0 Å². The number of hydrogen-bond acceptors (Lipinski definition) is 0. The Labute approximate surface area is 225 Å². The normalized spacial score (nSPS) is 13.4. The fourth-order valence-electron chi connectivity index (χ4n) is 5.62. The van der Waals surface area contributed by atoms with Crippen LogP contribution in [0.5, 0.6) is 0 Å². The van der Waals surface area contributed by atoms with E-state index in [1.54, 1.807) is 0 Å². The molecule has 2 atom stereocenters. The van der Waals surface area contributed by atoms with Crippen LogP contribution in [0.3, 0.4) is 0 Å². The molecule has 0 aromatic heterocycles. The van der Waals surface area contributed by atoms with E-state index in [1.807, 2.05) is 0 Å². The molecule has 0 radical (unpaired) electrons. The fraction of sp³-hybridized carbons (Fsp3) is 1.00. The van der Waals surface area contributed by atoms with Crippen LogP contribution < -0.4 is 0 Å². The topological polar surface area (TPSA) is 0 Å². The third-order valence-electron chi connectivity index (χ3n) is 8.64. The Hall–Kier alpha value is 0. The van der Waals surface area contributed by atoms with Gasteiger partial charge in [0, 0.05) is 0 Å². The molecule has 0 heteroatoms. The number of hydrogen-bond donors (Lipinski definition) is 0. The van der Waals surface area contributed by atoms with Crippen LogP contribution in [0.1, 0.15) is 214 Å². The minimum absolute atomic E-state index is 0.936. The van der Waals surface area contributed by atoms with Crippen LogP contribution in [0.25, 0.3) is 0 Å². The Morgan fingerprint density at radius 2 is 0.543 bits per heavy atom. The summed E-state index contributed by atoms with van der Waals surface area (Å²) < 4.78 is 0. The Morgan fingerprint density at radius 3 is 0.857 bits per heavy atom. The average Bonchev–Trinajstić information content (AvgIpc) is 2.86. The number of rotatable bonds is 30. The highest BCUT2D eigenvalue weighted by Gasteiger charge is 2.04. The molecular weight excluding hydrogens is 420 g/mol. The monoisotopic (exact) mass is 493 g/mol. The molecule has 0 aliphatic heterocycles. The zero-order valence-corrected chi connectivity index (χ0v) is 25.7. The zero-order chi connectivity index (χ0) is 25.7. The van der Waals surface area contributed by atoms with Gasteiger partial charge in [-0.3, -0.25) is 0 Å². The molecule has 0 saturated carbocycles. The predicted octanol–water partition coefficient (Wildman–Crippen LogP) is 13.6. The van der Waals surface area contributed by atoms with Gasteiger partial charge >= 0.3 is 0 Å². The van der Waals surface area contributed by atoms with Crippen LogP contribution in [0, 0.1) is 11.8 Å². The van der Waals surface area contributed by atoms with Gasteiger partial charge < -0.3 is 0 Å². The van der Waals surface area contributed by atoms with E-state index in [2.05, 4.69) is 27.7 Å². The SMILES string of the molecule is CCCCCCCCCCCCCCCCCCCCCCCCCCC(C)CCCC(C)CC. The van der Waals surface area contributed by atoms with Crippen LogP contribution in [0.15, 0.2) is 0 Å². The molecule has 0 aliphatic rings. The lowest BCUT2D eigenvalue weighted by Crippen LogP contribution is -1.98. The second-order valence-corrected chi connectivity index (χ2v) is 12.5. The predicted molar refractivity (Wildman–Crippen MR) is 164 cm³/mol. The van der Waals surface area contributed by atoms with E-state index in [1.165, 1.54) is 186 Å². The molecule has 0 heterocycles. The first-order valence-corrected chi connectivity index (χ1v) is 17.2. The molecular formula is C35H72. The van der Waals surface area contributed by atoms with Gasteiger partial charge in [-0.25, -0.2) is 0 Å². The lowest BCUT2D eigenvalue weighted by Gasteiger charge is -2.13. The van der Waals surface area contributed by atoms with E-state index in [4.69, 9.17) is 0 Å². The molecule has 0 rings (SSSR count). The van der Waals surface area contributed by atoms with Crippen molar-refractivity contribution in [2.75, 3.05) is 0 Å². The van der Waals surface area contributed by atoms with Crippen molar-refractivity contribution < 1.29 is 0 Å². The van der Waals surface area contributed by atoms with Crippen LogP contribution >= 0.6 is 0 Å². The van der Waals surface area contributed by atoms with Crippen molar-refractivity contribution in [3.63, 3.8) is 0 Å². The molecule has 0 aliphatic carbocycles. The quantitative estimate of drug-likeness (QED) is 0.0874. The first-order valence-electron chi connectivity index (χ1n) is 17.2. The van der Waals surface area contributed by atoms with Crippen LogP contribution in [-0.4, -0.2) is 0 Å². The first kappa shape index (κ1) is 35.0. The molecule has 0 fully saturated rings. The summed E-state index contributed by atoms with van der Waals surface area (Å²) in [6, 6.07) is 0. The maximum atomic E-state index is 2.48. The van der Waals surface area contributed by atoms with E-state index in [0.29, 0.717) is 0 Å². The minimum atomic E-state index is 0.936. The van der Waals surface area contributed by atoms with Gasteiger partial charge in [0.2, 0.25) is 0 Å². The molecule has 0 aromatic rings. The first-order chi connectivity index (χ1) is 17.2. The molecule has 0 N–H and O–H groups in total. The summed E-state index contributed by atoms with van der Waals surface area (Å²) in [6.45, 7) is 9.53. The van der Waals surface area contributed by atoms with Gasteiger partial charge in [0.15, 0.2) is 0 Å². The molecule has 0 amide bonds. The van der Waals surface area contributed by atoms with Gasteiger partial charge in [0.05, 0.1) is 0 Å². The molecule has 0 spiro atoms. The molecule has 2 unspecified atom stereocenters. The van der Waals surface area contributed by atoms with Gasteiger partial charge in [-0.15, -0.1) is 0 Å². The highest BCUT2D eigenvalue weighted by atomic mass is 14.1. The molecule has 0 aromatic carbocycles. The molecule has 35 heavy (non-hydrogen) atoms. The van der Waals surface area contributed by atoms with Crippen molar-refractivity contribution in [3.05, 3.63) is 0 Å². The molecule has 212 valence electrons. The standard InChI is InChI=1S/C35H72/c1-5-7-8-9-10-11-12-13-14-15-16-17-18-19-20-21-22-23-24-25-26-27-28-29-31-35(4)33-30-32-34(3)6-2/h34-35H,5-33H2,1-4H3. The highest BCUT2D eigenvalue weighted by Crippen LogP contribution is 2.20. The third kappa shape index (κ3) is 30.1. The number of unbranched alkanes of at least 4 members (excludes halogenated alkanes) is 23. The van der Waals surface area contributed by atoms with Crippen LogP contribution in [0.4, 0.5) is 0 Å². The van der Waals surface area contributed by atoms with Crippen molar-refractivity contribution in [3.8, 4) is 0 Å². The van der Waals surface area contributed by atoms with Gasteiger partial charge in [-0.2, -0.15) is 0 Å². The minimum Gasteiger partial charge on any atom is -0.0654 e. The second kappa shape index (κ2) is 30.2. The Bertz CT molecular complexity index is 359. The molecule has 0 bridgehead atoms. The van der Waals surface area contributed by atoms with Crippen molar-refractivity contribution in [2.24, 2.45) is 11.8 Å². The van der Waals surface area contributed by atoms with Crippen LogP contribution in [-0.2, 0) is 0 Å². The summed E-state index contributed by atoms with van der Waals surface area (Å²) in [5.74, 6) is 1.89. The zero-order valence-electron chi connectivity index (χ0n) is 25.7. The Morgan fingerprint density at radius 1 is 0.286 bits per heavy atom. The van der Waals surface area contributed by atoms with Gasteiger partial charge in [0.25, 0.3) is 0 Å². The van der Waals surface area contributed by atoms with Crippen molar-refractivity contribution in [1.82, 2.24) is 0 Å². The molecule has 0 saturated heterocycles. The fourth-order valence-corrected chi connectivity index (χ4v) is 5.62. The maximum absolute atomic E-state index is 2.48. The Balaban J connectivity index is 3.10. The van der Waals surface area contributed by atoms with E-state index >= 15 is 0 Å². The average molecular weight is 493 g/mol. The van der Waals surface area contributed by atoms with Gasteiger partial charge in [0.1, 0.15) is 0 Å². The smallest absolute Gasteiger partial charge is 0.0443 e. The Kier molecular flexibility index (Phi) is 30.2. The lowest BCUT2D eigenvalue weighted by atomic mass is 9.93. The van der Waals surface area contributed by atoms with E-state index in [0.717, 1.165) is 11.8 Å². The summed E-state index contributed by atoms with van der Waals surface area (Å²) >= 11 is 0. The van der Waals surface area contributed by atoms with E-state index < -0.39 is 0 Å². The van der Waals surface area contributed by atoms with Crippen molar-refractivity contribution in [1.29, 1.82) is 0 Å². The maximum Gasteiger partial charge on any atom is -0.0443 e. The second-order valence-electron chi connectivity index (χ2n) is 12.5. The van der Waals surface area contributed by atoms with Crippen molar-refractivity contribution in [2.45, 2.75) is 214 Å². The van der Waals surface area contributed by atoms with E-state index in [-0.39, 0.29) is 0 Å². The lowest BCUT2D eigenvalue weighted by molar-refractivity contribution is 0.405. The van der Waals surface area contributed by atoms with E-state index in [9.17, 15) is 0 Å². The summed E-state index contributed by atoms with van der Waals surface area (Å²) in [5.41, 5.74) is 0. The summed E-state index contributed by atoms with van der Waals surface area (Å²) in [7, 11) is 0. The largest absolute Gasteiger partial charge is 0.0654 e. The van der Waals surface area contributed by atoms with Crippen molar-refractivity contribution >= 4 is 0 Å². The summed E-state index contributed by atoms with van der Waals surface area (Å²) in [6.07, 6.45) is 42.7. The highest BCUT2D eigenvalue weighted by molar-refractivity contribution is 4.58. The molecule has 0 nitrogen and oxygen atoms in total. The third-order valence-corrected chi connectivity index (χ3v) is 8.64. The van der Waals surface area contributed by atoms with Gasteiger partial charge in [-0.05, 0) is 11.8 Å². The summed E-state index contributed by atoms with van der Waals surface area (Å²) in [5, 5.41) is 0. The summed E-state index contributed by atoms with van der Waals surface area (Å²) in [4.78, 5) is 0.